The lowest BCUT2D eigenvalue weighted by Crippen LogP contribution is -2.34. The minimum atomic E-state index is -0.679. The molecule has 1 aromatic carbocycles. The quantitative estimate of drug-likeness (QED) is 0.671. The van der Waals surface area contributed by atoms with Crippen LogP contribution in [-0.4, -0.2) is 42.1 Å². The van der Waals surface area contributed by atoms with Gasteiger partial charge in [-0.3, -0.25) is 0 Å². The van der Waals surface area contributed by atoms with E-state index in [0.29, 0.717) is 13.0 Å². The molecule has 3 N–H and O–H groups in total. The summed E-state index contributed by atoms with van der Waals surface area (Å²) in [5.74, 6) is 0.823. The van der Waals surface area contributed by atoms with Crippen LogP contribution in [0, 0.1) is 0 Å². The second-order valence-corrected chi connectivity index (χ2v) is 4.12. The van der Waals surface area contributed by atoms with E-state index in [1.165, 1.54) is 0 Å². The third kappa shape index (κ3) is 2.35. The van der Waals surface area contributed by atoms with Crippen molar-refractivity contribution in [1.29, 1.82) is 0 Å². The number of hydrogen-bond acceptors (Lipinski definition) is 4. The Bertz CT molecular complexity index is 339. The number of benzene rings is 1. The van der Waals surface area contributed by atoms with Gasteiger partial charge in [0.15, 0.2) is 0 Å². The fourth-order valence-corrected chi connectivity index (χ4v) is 1.99. The van der Waals surface area contributed by atoms with Gasteiger partial charge in [-0.1, -0.05) is 12.1 Å². The van der Waals surface area contributed by atoms with Gasteiger partial charge in [-0.05, 0) is 24.1 Å². The highest BCUT2D eigenvalue weighted by molar-refractivity contribution is 5.28. The Labute approximate surface area is 94.9 Å². The molecule has 0 amide bonds. The van der Waals surface area contributed by atoms with E-state index in [9.17, 15) is 10.2 Å². The molecule has 1 heterocycles. The largest absolute Gasteiger partial charge is 0.497 e. The third-order valence-electron chi connectivity index (χ3n) is 3.01. The monoisotopic (exact) mass is 223 g/mol. The molecule has 1 saturated heterocycles. The van der Waals surface area contributed by atoms with E-state index in [0.717, 1.165) is 11.3 Å². The maximum atomic E-state index is 9.68. The van der Waals surface area contributed by atoms with Crippen molar-refractivity contribution in [3.63, 3.8) is 0 Å². The number of β-amino-alcohol motifs (C(OH)–C–C–N with tert-alkyl or cyclic N) is 1. The molecule has 0 saturated carbocycles. The van der Waals surface area contributed by atoms with Crippen molar-refractivity contribution in [2.24, 2.45) is 0 Å². The molecule has 0 aliphatic carbocycles. The van der Waals surface area contributed by atoms with Crippen molar-refractivity contribution in [3.8, 4) is 5.75 Å². The van der Waals surface area contributed by atoms with Gasteiger partial charge in [-0.2, -0.15) is 0 Å². The van der Waals surface area contributed by atoms with Crippen molar-refractivity contribution in [1.82, 2.24) is 5.32 Å². The SMILES string of the molecule is COc1ccc(CC2NC[C@@H](O)[C@@H]2O)cc1. The lowest BCUT2D eigenvalue weighted by atomic mass is 10.0. The van der Waals surface area contributed by atoms with Crippen molar-refractivity contribution in [3.05, 3.63) is 29.8 Å². The number of aliphatic hydroxyl groups excluding tert-OH is 2. The molecule has 3 atom stereocenters. The van der Waals surface area contributed by atoms with Gasteiger partial charge in [0, 0.05) is 12.6 Å². The van der Waals surface area contributed by atoms with Crippen LogP contribution in [0.1, 0.15) is 5.56 Å². The maximum absolute atomic E-state index is 9.68. The second-order valence-electron chi connectivity index (χ2n) is 4.12. The van der Waals surface area contributed by atoms with E-state index < -0.39 is 12.2 Å². The Kier molecular flexibility index (Phi) is 3.43. The predicted octanol–water partition coefficient (Wildman–Crippen LogP) is -0.0687. The zero-order chi connectivity index (χ0) is 11.5. The van der Waals surface area contributed by atoms with Crippen LogP contribution in [0.4, 0.5) is 0 Å². The van der Waals surface area contributed by atoms with Crippen LogP contribution in [0.25, 0.3) is 0 Å². The van der Waals surface area contributed by atoms with Crippen molar-refractivity contribution < 1.29 is 14.9 Å². The lowest BCUT2D eigenvalue weighted by molar-refractivity contribution is 0.0408. The molecule has 4 nitrogen and oxygen atoms in total. The number of hydrogen-bond donors (Lipinski definition) is 3. The molecule has 16 heavy (non-hydrogen) atoms. The summed E-state index contributed by atoms with van der Waals surface area (Å²) in [6.07, 6.45) is -0.618. The molecular weight excluding hydrogens is 206 g/mol. The van der Waals surface area contributed by atoms with Gasteiger partial charge in [0.05, 0.1) is 19.3 Å². The van der Waals surface area contributed by atoms with Gasteiger partial charge in [-0.15, -0.1) is 0 Å². The number of methoxy groups -OCH3 is 1. The van der Waals surface area contributed by atoms with Crippen LogP contribution in [0.5, 0.6) is 5.75 Å². The van der Waals surface area contributed by atoms with Gasteiger partial charge in [0.1, 0.15) is 5.75 Å². The van der Waals surface area contributed by atoms with Crippen LogP contribution in [0.2, 0.25) is 0 Å². The van der Waals surface area contributed by atoms with Crippen molar-refractivity contribution in [2.75, 3.05) is 13.7 Å². The standard InChI is InChI=1S/C12H17NO3/c1-16-9-4-2-8(3-5-9)6-10-12(15)11(14)7-13-10/h2-5,10-15H,6-7H2,1H3/t10?,11-,12-/m1/s1. The number of ether oxygens (including phenoxy) is 1. The van der Waals surface area contributed by atoms with Gasteiger partial charge >= 0.3 is 0 Å². The summed E-state index contributed by atoms with van der Waals surface area (Å²) in [6.45, 7) is 0.460. The first kappa shape index (κ1) is 11.4. The van der Waals surface area contributed by atoms with E-state index in [4.69, 9.17) is 4.74 Å². The second kappa shape index (κ2) is 4.82. The maximum Gasteiger partial charge on any atom is 0.118 e. The fourth-order valence-electron chi connectivity index (χ4n) is 1.99. The van der Waals surface area contributed by atoms with E-state index in [1.807, 2.05) is 24.3 Å². The van der Waals surface area contributed by atoms with E-state index in [1.54, 1.807) is 7.11 Å². The molecular formula is C12H17NO3. The zero-order valence-electron chi connectivity index (χ0n) is 9.26. The van der Waals surface area contributed by atoms with E-state index in [-0.39, 0.29) is 6.04 Å². The molecule has 0 radical (unpaired) electrons. The average Bonchev–Trinajstić information content (AvgIpc) is 2.62. The van der Waals surface area contributed by atoms with Crippen LogP contribution >= 0.6 is 0 Å². The van der Waals surface area contributed by atoms with Gasteiger partial charge in [-0.25, -0.2) is 0 Å². The lowest BCUT2D eigenvalue weighted by Gasteiger charge is -2.16. The summed E-state index contributed by atoms with van der Waals surface area (Å²) >= 11 is 0. The minimum Gasteiger partial charge on any atom is -0.497 e. The molecule has 1 fully saturated rings. The van der Waals surface area contributed by atoms with Gasteiger partial charge < -0.3 is 20.3 Å². The smallest absolute Gasteiger partial charge is 0.118 e. The predicted molar refractivity (Wildman–Crippen MR) is 60.5 cm³/mol. The average molecular weight is 223 g/mol. The fraction of sp³-hybridized carbons (Fsp3) is 0.500. The molecule has 0 bridgehead atoms. The van der Waals surface area contributed by atoms with Gasteiger partial charge in [0.25, 0.3) is 0 Å². The van der Waals surface area contributed by atoms with Crippen LogP contribution in [0.3, 0.4) is 0 Å². The zero-order valence-corrected chi connectivity index (χ0v) is 9.26. The first-order chi connectivity index (χ1) is 7.70. The summed E-state index contributed by atoms with van der Waals surface area (Å²) in [5, 5.41) is 22.2. The molecule has 4 heteroatoms. The number of nitrogens with one attached hydrogen (secondary N) is 1. The topological polar surface area (TPSA) is 61.7 Å². The van der Waals surface area contributed by atoms with Crippen LogP contribution in [-0.2, 0) is 6.42 Å². The molecule has 1 aromatic rings. The normalized spacial score (nSPS) is 29.3. The molecule has 1 aliphatic rings. The van der Waals surface area contributed by atoms with Crippen molar-refractivity contribution >= 4 is 0 Å². The highest BCUT2D eigenvalue weighted by Gasteiger charge is 2.32. The molecule has 0 aromatic heterocycles. The first-order valence-corrected chi connectivity index (χ1v) is 5.43. The Morgan fingerprint density at radius 2 is 2.00 bits per heavy atom. The van der Waals surface area contributed by atoms with E-state index in [2.05, 4.69) is 5.32 Å². The number of rotatable bonds is 3. The molecule has 0 spiro atoms. The van der Waals surface area contributed by atoms with Crippen LogP contribution < -0.4 is 10.1 Å². The third-order valence-corrected chi connectivity index (χ3v) is 3.01. The van der Waals surface area contributed by atoms with E-state index >= 15 is 0 Å². The molecule has 88 valence electrons. The molecule has 2 rings (SSSR count). The Morgan fingerprint density at radius 3 is 2.50 bits per heavy atom. The Balaban J connectivity index is 1.98. The Morgan fingerprint density at radius 1 is 1.31 bits per heavy atom. The summed E-state index contributed by atoms with van der Waals surface area (Å²) in [4.78, 5) is 0. The number of aliphatic hydroxyl groups is 2. The summed E-state index contributed by atoms with van der Waals surface area (Å²) < 4.78 is 5.07. The first-order valence-electron chi connectivity index (χ1n) is 5.43. The van der Waals surface area contributed by atoms with Crippen molar-refractivity contribution in [2.45, 2.75) is 24.7 Å². The summed E-state index contributed by atoms with van der Waals surface area (Å²) in [6, 6.07) is 7.67. The highest BCUT2D eigenvalue weighted by atomic mass is 16.5. The van der Waals surface area contributed by atoms with Gasteiger partial charge in [0.2, 0.25) is 0 Å². The van der Waals surface area contributed by atoms with Crippen LogP contribution in [0.15, 0.2) is 24.3 Å². The Hall–Kier alpha value is -1.10. The minimum absolute atomic E-state index is 0.0663. The summed E-state index contributed by atoms with van der Waals surface area (Å²) in [5.41, 5.74) is 1.12. The molecule has 1 unspecified atom stereocenters. The molecule has 1 aliphatic heterocycles. The highest BCUT2D eigenvalue weighted by Crippen LogP contribution is 2.16. The summed E-state index contributed by atoms with van der Waals surface area (Å²) in [7, 11) is 1.63.